The number of hydrogen-bond donors (Lipinski definition) is 3. The smallest absolute Gasteiger partial charge is 0.242 e. The summed E-state index contributed by atoms with van der Waals surface area (Å²) in [6.45, 7) is -0.333. The molecular formula is C9H13BrFN3O4S2. The summed E-state index contributed by atoms with van der Waals surface area (Å²) >= 11 is 2.86. The molecule has 4 N–H and O–H groups in total. The van der Waals surface area contributed by atoms with Gasteiger partial charge in [0.15, 0.2) is 0 Å². The van der Waals surface area contributed by atoms with Crippen LogP contribution in [0, 0.1) is 5.82 Å². The zero-order valence-electron chi connectivity index (χ0n) is 10.4. The van der Waals surface area contributed by atoms with E-state index in [9.17, 15) is 21.2 Å². The Hall–Kier alpha value is -0.750. The van der Waals surface area contributed by atoms with E-state index >= 15 is 0 Å². The number of sulfonamides is 2. The lowest BCUT2D eigenvalue weighted by Gasteiger charge is -2.10. The zero-order chi connectivity index (χ0) is 15.6. The first-order chi connectivity index (χ1) is 9.09. The second kappa shape index (κ2) is 6.35. The minimum Gasteiger partial charge on any atom is -0.398 e. The summed E-state index contributed by atoms with van der Waals surface area (Å²) in [7, 11) is -6.33. The van der Waals surface area contributed by atoms with Crippen molar-refractivity contribution in [3.05, 3.63) is 22.4 Å². The van der Waals surface area contributed by atoms with Crippen molar-refractivity contribution in [2.24, 2.45) is 0 Å². The van der Waals surface area contributed by atoms with Crippen LogP contribution in [0.1, 0.15) is 0 Å². The molecule has 0 saturated heterocycles. The highest BCUT2D eigenvalue weighted by Crippen LogP contribution is 2.25. The van der Waals surface area contributed by atoms with Crippen LogP contribution in [0.3, 0.4) is 0 Å². The minimum absolute atomic E-state index is 0.0603. The molecule has 20 heavy (non-hydrogen) atoms. The Morgan fingerprint density at radius 3 is 2.45 bits per heavy atom. The van der Waals surface area contributed by atoms with E-state index in [2.05, 4.69) is 25.4 Å². The van der Waals surface area contributed by atoms with Crippen molar-refractivity contribution in [3.63, 3.8) is 0 Å². The molecule has 0 atom stereocenters. The molecule has 0 aromatic heterocycles. The maximum atomic E-state index is 13.2. The molecule has 1 rings (SSSR count). The van der Waals surface area contributed by atoms with Crippen LogP contribution in [0.25, 0.3) is 0 Å². The summed E-state index contributed by atoms with van der Waals surface area (Å²) < 4.78 is 63.4. The highest BCUT2D eigenvalue weighted by molar-refractivity contribution is 9.10. The Morgan fingerprint density at radius 2 is 1.90 bits per heavy atom. The molecule has 1 aromatic carbocycles. The predicted molar refractivity (Wildman–Crippen MR) is 76.5 cm³/mol. The second-order valence-electron chi connectivity index (χ2n) is 3.72. The maximum Gasteiger partial charge on any atom is 0.242 e. The molecule has 0 amide bonds. The van der Waals surface area contributed by atoms with Crippen LogP contribution in [-0.2, 0) is 20.0 Å². The van der Waals surface area contributed by atoms with Crippen molar-refractivity contribution in [3.8, 4) is 0 Å². The summed E-state index contributed by atoms with van der Waals surface area (Å²) in [6, 6.07) is 1.88. The molecule has 0 fully saturated rings. The van der Waals surface area contributed by atoms with Gasteiger partial charge < -0.3 is 5.73 Å². The molecule has 0 unspecified atom stereocenters. The standard InChI is InChI=1S/C9H13BrFN3O4S2/c1-13-19(15,16)3-2-14-20(17,18)9-4-6(10)7(11)5-8(9)12/h4-5,13-14H,2-3,12H2,1H3. The van der Waals surface area contributed by atoms with Gasteiger partial charge in [0.1, 0.15) is 10.7 Å². The van der Waals surface area contributed by atoms with E-state index in [0.29, 0.717) is 0 Å². The molecule has 0 aliphatic rings. The lowest BCUT2D eigenvalue weighted by Crippen LogP contribution is -2.33. The molecule has 1 aromatic rings. The van der Waals surface area contributed by atoms with E-state index in [1.807, 2.05) is 0 Å². The van der Waals surface area contributed by atoms with Crippen LogP contribution >= 0.6 is 15.9 Å². The number of nitrogen functional groups attached to an aromatic ring is 1. The van der Waals surface area contributed by atoms with Crippen LogP contribution in [0.15, 0.2) is 21.5 Å². The molecule has 0 aliphatic carbocycles. The second-order valence-corrected chi connectivity index (χ2v) is 8.36. The molecule has 0 aliphatic heterocycles. The molecule has 0 saturated carbocycles. The van der Waals surface area contributed by atoms with Gasteiger partial charge in [-0.05, 0) is 35.1 Å². The third-order valence-corrected chi connectivity index (χ3v) is 5.80. The van der Waals surface area contributed by atoms with Crippen LogP contribution < -0.4 is 15.2 Å². The van der Waals surface area contributed by atoms with Crippen LogP contribution in [0.2, 0.25) is 0 Å². The molecule has 11 heteroatoms. The van der Waals surface area contributed by atoms with Crippen molar-refractivity contribution in [2.75, 3.05) is 25.1 Å². The van der Waals surface area contributed by atoms with E-state index in [0.717, 1.165) is 12.1 Å². The van der Waals surface area contributed by atoms with E-state index in [-0.39, 0.29) is 21.6 Å². The van der Waals surface area contributed by atoms with Gasteiger partial charge in [-0.15, -0.1) is 0 Å². The summed E-state index contributed by atoms with van der Waals surface area (Å²) in [4.78, 5) is -0.326. The van der Waals surface area contributed by atoms with E-state index in [1.54, 1.807) is 0 Å². The summed E-state index contributed by atoms with van der Waals surface area (Å²) in [5.41, 5.74) is 5.18. The SMILES string of the molecule is CNS(=O)(=O)CCNS(=O)(=O)c1cc(Br)c(F)cc1N. The quantitative estimate of drug-likeness (QED) is 0.591. The normalized spacial score (nSPS) is 12.6. The Labute approximate surface area is 125 Å². The fourth-order valence-corrected chi connectivity index (χ4v) is 3.63. The van der Waals surface area contributed by atoms with E-state index in [1.165, 1.54) is 7.05 Å². The van der Waals surface area contributed by atoms with Crippen LogP contribution in [0.5, 0.6) is 0 Å². The lowest BCUT2D eigenvalue weighted by atomic mass is 10.3. The molecule has 0 spiro atoms. The number of rotatable bonds is 6. The number of benzene rings is 1. The van der Waals surface area contributed by atoms with Crippen LogP contribution in [0.4, 0.5) is 10.1 Å². The number of halogens is 2. The van der Waals surface area contributed by atoms with Crippen molar-refractivity contribution >= 4 is 41.7 Å². The Balaban J connectivity index is 2.93. The Bertz CT molecular complexity index is 706. The van der Waals surface area contributed by atoms with Crippen molar-refractivity contribution in [2.45, 2.75) is 4.90 Å². The third kappa shape index (κ3) is 4.38. The predicted octanol–water partition coefficient (Wildman–Crippen LogP) is -0.00210. The lowest BCUT2D eigenvalue weighted by molar-refractivity contribution is 0.578. The fourth-order valence-electron chi connectivity index (χ4n) is 1.27. The highest BCUT2D eigenvalue weighted by atomic mass is 79.9. The number of hydrogen-bond acceptors (Lipinski definition) is 5. The van der Waals surface area contributed by atoms with E-state index < -0.39 is 31.6 Å². The first-order valence-electron chi connectivity index (χ1n) is 5.24. The van der Waals surface area contributed by atoms with Gasteiger partial charge in [-0.1, -0.05) is 0 Å². The maximum absolute atomic E-state index is 13.2. The van der Waals surface area contributed by atoms with Crippen molar-refractivity contribution < 1.29 is 21.2 Å². The summed E-state index contributed by atoms with van der Waals surface area (Å²) in [5.74, 6) is -1.12. The van der Waals surface area contributed by atoms with Gasteiger partial charge >= 0.3 is 0 Å². The highest BCUT2D eigenvalue weighted by Gasteiger charge is 2.20. The largest absolute Gasteiger partial charge is 0.398 e. The summed E-state index contributed by atoms with van der Waals surface area (Å²) in [5, 5.41) is 0. The van der Waals surface area contributed by atoms with Gasteiger partial charge in [-0.25, -0.2) is 30.7 Å². The third-order valence-electron chi connectivity index (χ3n) is 2.32. The zero-order valence-corrected chi connectivity index (χ0v) is 13.6. The molecule has 0 radical (unpaired) electrons. The Kier molecular flexibility index (Phi) is 5.49. The van der Waals surface area contributed by atoms with Gasteiger partial charge in [0, 0.05) is 6.54 Å². The van der Waals surface area contributed by atoms with Crippen LogP contribution in [-0.4, -0.2) is 36.2 Å². The van der Waals surface area contributed by atoms with Crippen molar-refractivity contribution in [1.29, 1.82) is 0 Å². The van der Waals surface area contributed by atoms with Gasteiger partial charge in [0.2, 0.25) is 20.0 Å². The summed E-state index contributed by atoms with van der Waals surface area (Å²) in [6.07, 6.45) is 0. The molecule has 7 nitrogen and oxygen atoms in total. The number of anilines is 1. The first-order valence-corrected chi connectivity index (χ1v) is 9.17. The molecular weight excluding hydrogens is 377 g/mol. The molecule has 0 heterocycles. The Morgan fingerprint density at radius 1 is 1.30 bits per heavy atom. The topological polar surface area (TPSA) is 118 Å². The number of nitrogens with one attached hydrogen (secondary N) is 2. The molecule has 0 bridgehead atoms. The van der Waals surface area contributed by atoms with Gasteiger partial charge in [-0.3, -0.25) is 0 Å². The van der Waals surface area contributed by atoms with Crippen molar-refractivity contribution in [1.82, 2.24) is 9.44 Å². The van der Waals surface area contributed by atoms with Gasteiger partial charge in [0.05, 0.1) is 15.9 Å². The minimum atomic E-state index is -4.02. The first kappa shape index (κ1) is 17.3. The molecule has 114 valence electrons. The monoisotopic (exact) mass is 389 g/mol. The average molecular weight is 390 g/mol. The number of nitrogens with two attached hydrogens (primary N) is 1. The van der Waals surface area contributed by atoms with Gasteiger partial charge in [0.25, 0.3) is 0 Å². The fraction of sp³-hybridized carbons (Fsp3) is 0.333. The van der Waals surface area contributed by atoms with Gasteiger partial charge in [-0.2, -0.15) is 0 Å². The van der Waals surface area contributed by atoms with E-state index in [4.69, 9.17) is 5.73 Å². The average Bonchev–Trinajstić information content (AvgIpc) is 2.33.